The van der Waals surface area contributed by atoms with Crippen LogP contribution in [0.3, 0.4) is 0 Å². The number of aliphatic hydroxyl groups is 1. The minimum absolute atomic E-state index is 0.356. The molecule has 4 heteroatoms. The Labute approximate surface area is 95.2 Å². The molecule has 1 saturated heterocycles. The van der Waals surface area contributed by atoms with Gasteiger partial charge < -0.3 is 19.0 Å². The van der Waals surface area contributed by atoms with Crippen LogP contribution in [0.25, 0.3) is 0 Å². The molecule has 0 spiro atoms. The predicted octanol–water partition coefficient (Wildman–Crippen LogP) is 2.03. The van der Waals surface area contributed by atoms with Crippen molar-refractivity contribution in [2.45, 2.75) is 44.7 Å². The average molecular weight is 226 g/mol. The number of hydrogen-bond donors (Lipinski definition) is 1. The summed E-state index contributed by atoms with van der Waals surface area (Å²) in [5.41, 5.74) is -0.304. The molecule has 2 atom stereocenters. The van der Waals surface area contributed by atoms with Gasteiger partial charge in [0.2, 0.25) is 0 Å². The fourth-order valence-electron chi connectivity index (χ4n) is 2.05. The van der Waals surface area contributed by atoms with Crippen LogP contribution >= 0.6 is 0 Å². The molecule has 0 aliphatic carbocycles. The molecular weight excluding hydrogens is 208 g/mol. The normalized spacial score (nSPS) is 27.9. The molecule has 4 nitrogen and oxygen atoms in total. The summed E-state index contributed by atoms with van der Waals surface area (Å²) in [6.07, 6.45) is 3.30. The Morgan fingerprint density at radius 3 is 2.75 bits per heavy atom. The molecule has 1 fully saturated rings. The van der Waals surface area contributed by atoms with Crippen molar-refractivity contribution in [1.29, 1.82) is 0 Å². The Morgan fingerprint density at radius 1 is 1.56 bits per heavy atom. The first-order chi connectivity index (χ1) is 7.48. The lowest BCUT2D eigenvalue weighted by Crippen LogP contribution is -2.41. The summed E-state index contributed by atoms with van der Waals surface area (Å²) in [7, 11) is 0. The Bertz CT molecular complexity index is 344. The summed E-state index contributed by atoms with van der Waals surface area (Å²) in [6, 6.07) is 1.76. The van der Waals surface area contributed by atoms with E-state index in [1.807, 2.05) is 20.8 Å². The maximum Gasteiger partial charge on any atom is 0.163 e. The van der Waals surface area contributed by atoms with Gasteiger partial charge in [-0.1, -0.05) is 6.92 Å². The SMILES string of the molecule is CC[C@](O)(c1ccoc1)[C@H]1COC(C)(C)O1. The van der Waals surface area contributed by atoms with E-state index in [0.29, 0.717) is 13.0 Å². The predicted molar refractivity (Wildman–Crippen MR) is 57.8 cm³/mol. The summed E-state index contributed by atoms with van der Waals surface area (Å²) in [5.74, 6) is -0.627. The first-order valence-corrected chi connectivity index (χ1v) is 5.55. The van der Waals surface area contributed by atoms with Crippen LogP contribution in [0.2, 0.25) is 0 Å². The van der Waals surface area contributed by atoms with E-state index in [0.717, 1.165) is 5.56 Å². The average Bonchev–Trinajstić information content (AvgIpc) is 2.86. The molecular formula is C12H18O4. The zero-order chi connectivity index (χ0) is 11.8. The van der Waals surface area contributed by atoms with E-state index in [4.69, 9.17) is 13.9 Å². The van der Waals surface area contributed by atoms with Crippen molar-refractivity contribution in [2.75, 3.05) is 6.61 Å². The molecule has 16 heavy (non-hydrogen) atoms. The van der Waals surface area contributed by atoms with Crippen LogP contribution < -0.4 is 0 Å². The van der Waals surface area contributed by atoms with E-state index in [1.54, 1.807) is 18.6 Å². The summed E-state index contributed by atoms with van der Waals surface area (Å²) in [6.45, 7) is 6.00. The minimum Gasteiger partial charge on any atom is -0.472 e. The van der Waals surface area contributed by atoms with Crippen molar-refractivity contribution in [3.63, 3.8) is 0 Å². The molecule has 90 valence electrons. The molecule has 0 saturated carbocycles. The van der Waals surface area contributed by atoms with Crippen molar-refractivity contribution in [3.05, 3.63) is 24.2 Å². The quantitative estimate of drug-likeness (QED) is 0.856. The highest BCUT2D eigenvalue weighted by Gasteiger charge is 2.46. The van der Waals surface area contributed by atoms with E-state index in [9.17, 15) is 5.11 Å². The van der Waals surface area contributed by atoms with Crippen LogP contribution in [-0.4, -0.2) is 23.6 Å². The third-order valence-corrected chi connectivity index (χ3v) is 3.10. The fourth-order valence-corrected chi connectivity index (χ4v) is 2.05. The minimum atomic E-state index is -1.04. The van der Waals surface area contributed by atoms with Gasteiger partial charge in [-0.15, -0.1) is 0 Å². The molecule has 0 bridgehead atoms. The highest BCUT2D eigenvalue weighted by molar-refractivity contribution is 5.19. The maximum absolute atomic E-state index is 10.6. The Balaban J connectivity index is 2.23. The molecule has 1 aromatic heterocycles. The Morgan fingerprint density at radius 2 is 2.31 bits per heavy atom. The zero-order valence-corrected chi connectivity index (χ0v) is 9.90. The number of hydrogen-bond acceptors (Lipinski definition) is 4. The Hall–Kier alpha value is -0.840. The van der Waals surface area contributed by atoms with Crippen molar-refractivity contribution in [1.82, 2.24) is 0 Å². The topological polar surface area (TPSA) is 51.8 Å². The lowest BCUT2D eigenvalue weighted by Gasteiger charge is -2.31. The number of ether oxygens (including phenoxy) is 2. The smallest absolute Gasteiger partial charge is 0.163 e. The first kappa shape index (κ1) is 11.6. The van der Waals surface area contributed by atoms with Crippen molar-refractivity contribution < 1.29 is 19.0 Å². The largest absolute Gasteiger partial charge is 0.472 e. The van der Waals surface area contributed by atoms with Gasteiger partial charge in [-0.25, -0.2) is 0 Å². The molecule has 2 rings (SSSR count). The van der Waals surface area contributed by atoms with Gasteiger partial charge in [0.05, 0.1) is 19.1 Å². The van der Waals surface area contributed by atoms with Gasteiger partial charge in [-0.2, -0.15) is 0 Å². The fraction of sp³-hybridized carbons (Fsp3) is 0.667. The van der Waals surface area contributed by atoms with Crippen LogP contribution in [0, 0.1) is 0 Å². The van der Waals surface area contributed by atoms with E-state index in [1.165, 1.54) is 0 Å². The van der Waals surface area contributed by atoms with Gasteiger partial charge in [-0.05, 0) is 26.3 Å². The molecule has 0 radical (unpaired) electrons. The van der Waals surface area contributed by atoms with Crippen LogP contribution in [0.15, 0.2) is 23.0 Å². The highest BCUT2D eigenvalue weighted by atomic mass is 16.7. The van der Waals surface area contributed by atoms with Crippen LogP contribution in [0.5, 0.6) is 0 Å². The third kappa shape index (κ3) is 1.88. The van der Waals surface area contributed by atoms with Gasteiger partial charge in [-0.3, -0.25) is 0 Å². The zero-order valence-electron chi connectivity index (χ0n) is 9.90. The van der Waals surface area contributed by atoms with E-state index < -0.39 is 11.4 Å². The molecule has 0 unspecified atom stereocenters. The van der Waals surface area contributed by atoms with Gasteiger partial charge in [0.25, 0.3) is 0 Å². The summed E-state index contributed by atoms with van der Waals surface area (Å²) >= 11 is 0. The molecule has 1 aliphatic heterocycles. The van der Waals surface area contributed by atoms with Crippen molar-refractivity contribution >= 4 is 0 Å². The van der Waals surface area contributed by atoms with Crippen molar-refractivity contribution in [2.24, 2.45) is 0 Å². The third-order valence-electron chi connectivity index (χ3n) is 3.10. The van der Waals surface area contributed by atoms with Gasteiger partial charge in [0.15, 0.2) is 5.79 Å². The molecule has 0 amide bonds. The van der Waals surface area contributed by atoms with Crippen LogP contribution in [0.1, 0.15) is 32.8 Å². The molecule has 0 aromatic carbocycles. The van der Waals surface area contributed by atoms with Crippen molar-refractivity contribution in [3.8, 4) is 0 Å². The lowest BCUT2D eigenvalue weighted by atomic mass is 9.88. The second kappa shape index (κ2) is 3.87. The maximum atomic E-state index is 10.6. The second-order valence-corrected chi connectivity index (χ2v) is 4.61. The van der Waals surface area contributed by atoms with E-state index in [-0.39, 0.29) is 6.10 Å². The van der Waals surface area contributed by atoms with E-state index >= 15 is 0 Å². The lowest BCUT2D eigenvalue weighted by molar-refractivity contribution is -0.173. The van der Waals surface area contributed by atoms with Gasteiger partial charge in [0, 0.05) is 5.56 Å². The summed E-state index contributed by atoms with van der Waals surface area (Å²) in [5, 5.41) is 10.6. The van der Waals surface area contributed by atoms with E-state index in [2.05, 4.69) is 0 Å². The monoisotopic (exact) mass is 226 g/mol. The van der Waals surface area contributed by atoms with Gasteiger partial charge >= 0.3 is 0 Å². The Kier molecular flexibility index (Phi) is 2.82. The number of furan rings is 1. The summed E-state index contributed by atoms with van der Waals surface area (Å²) in [4.78, 5) is 0. The molecule has 1 aliphatic rings. The van der Waals surface area contributed by atoms with Crippen LogP contribution in [-0.2, 0) is 15.1 Å². The summed E-state index contributed by atoms with van der Waals surface area (Å²) < 4.78 is 16.2. The molecule has 2 heterocycles. The highest BCUT2D eigenvalue weighted by Crippen LogP contribution is 2.37. The second-order valence-electron chi connectivity index (χ2n) is 4.61. The van der Waals surface area contributed by atoms with Crippen LogP contribution in [0.4, 0.5) is 0 Å². The standard InChI is InChI=1S/C12H18O4/c1-4-12(13,9-5-6-14-7-9)10-8-15-11(2,3)16-10/h5-7,10,13H,4,8H2,1-3H3/t10-,12+/m1/s1. The first-order valence-electron chi connectivity index (χ1n) is 5.55. The van der Waals surface area contributed by atoms with Gasteiger partial charge in [0.1, 0.15) is 11.7 Å². The number of rotatable bonds is 3. The molecule has 1 aromatic rings. The molecule has 1 N–H and O–H groups in total.